The minimum atomic E-state index is -4.85. The van der Waals surface area contributed by atoms with Gasteiger partial charge in [0, 0.05) is 76.4 Å². The highest BCUT2D eigenvalue weighted by Crippen LogP contribution is 2.31. The van der Waals surface area contributed by atoms with Gasteiger partial charge in [-0.3, -0.25) is 28.8 Å². The zero-order valence-electron chi connectivity index (χ0n) is 44.4. The van der Waals surface area contributed by atoms with Crippen LogP contribution in [0.25, 0.3) is 21.7 Å². The number of hydrogen-bond acceptors (Lipinski definition) is 13. The normalized spacial score (nSPS) is 17.9. The number of piperidine rings is 1. The van der Waals surface area contributed by atoms with Crippen LogP contribution in [0.5, 0.6) is 11.6 Å². The predicted molar refractivity (Wildman–Crippen MR) is 284 cm³/mol. The van der Waals surface area contributed by atoms with Crippen molar-refractivity contribution in [2.45, 2.75) is 135 Å². The predicted octanol–water partition coefficient (Wildman–Crippen LogP) is 6.20. The number of alkyl halides is 4. The van der Waals surface area contributed by atoms with Gasteiger partial charge in [-0.25, -0.2) is 19.3 Å². The number of benzene rings is 2. The fraction of sp³-hybridized carbons (Fsp3) is 0.473. The quantitative estimate of drug-likeness (QED) is 0.0362. The number of halogens is 4. The second kappa shape index (κ2) is 26.5. The average Bonchev–Trinajstić information content (AvgIpc) is 4.23. The second-order valence-electron chi connectivity index (χ2n) is 20.8. The Labute approximate surface area is 458 Å². The van der Waals surface area contributed by atoms with Crippen LogP contribution in [-0.4, -0.2) is 133 Å². The van der Waals surface area contributed by atoms with E-state index in [0.29, 0.717) is 55.6 Å². The molecule has 79 heavy (non-hydrogen) atoms. The molecular formula is C55H66F4N10O9S. The van der Waals surface area contributed by atoms with Crippen LogP contribution in [0.2, 0.25) is 0 Å². The Morgan fingerprint density at radius 3 is 2.28 bits per heavy atom. The van der Waals surface area contributed by atoms with E-state index < -0.39 is 65.7 Å². The summed E-state index contributed by atoms with van der Waals surface area (Å²) in [6.45, 7) is 8.30. The van der Waals surface area contributed by atoms with Crippen LogP contribution in [0.4, 0.5) is 17.6 Å². The van der Waals surface area contributed by atoms with Gasteiger partial charge in [0.2, 0.25) is 35.4 Å². The lowest BCUT2D eigenvalue weighted by Crippen LogP contribution is -2.57. The molecule has 5 aromatic rings. The van der Waals surface area contributed by atoms with Crippen LogP contribution in [0.1, 0.15) is 99.3 Å². The number of aromatic nitrogens is 4. The molecule has 0 spiro atoms. The van der Waals surface area contributed by atoms with Crippen molar-refractivity contribution in [1.82, 2.24) is 45.3 Å². The standard InChI is InChI=1S/C55H66F4N10O9S/c1-33-48(79-32-65-33)36-15-11-35(12-16-36)26-62-51(75)43-25-38(70)28-69(43)53(76)49(54(2,3)4)66-46(72)9-6-5-7-20-61-45(71)10-8-21-67-30-42(64-31-67)37-24-40(50(60)74)52(63-27-37)77-44-19-22-68(29-41(44)56)47(73)23-34-13-17-39(18-14-34)78-55(57,58)59/h11-18,24,27,30-32,38,41,43-44,49,70H,5-10,19-23,25-26,28-29H2,1-4H3,(H2,60,74)(H,61,71)(H,62,75)(H,66,72)/t38-,41-,43+,44-,49?/m1/s1. The SMILES string of the molecule is Cc1ncsc1-c1ccc(CNC(=O)[C@@H]2C[C@@H](O)CN2C(=O)C(NC(=O)CCCCCNC(=O)CCCn2cnc(-c3cnc(O[C@@H]4CCN(C(=O)Cc5ccc(OC(F)(F)F)cc5)C[C@H]4F)c(C(N)=O)c3)c2)C(C)(C)C)cc1. The van der Waals surface area contributed by atoms with Crippen molar-refractivity contribution < 1.29 is 60.9 Å². The lowest BCUT2D eigenvalue weighted by atomic mass is 9.85. The molecule has 3 aromatic heterocycles. The lowest BCUT2D eigenvalue weighted by Gasteiger charge is -2.35. The number of pyridine rings is 1. The minimum absolute atomic E-state index is 0.0311. The Hall–Kier alpha value is -7.47. The number of aliphatic hydroxyl groups is 1. The molecule has 424 valence electrons. The molecule has 0 aliphatic carbocycles. The van der Waals surface area contributed by atoms with Crippen LogP contribution in [-0.2, 0) is 43.5 Å². The van der Waals surface area contributed by atoms with Crippen LogP contribution in [0, 0.1) is 12.3 Å². The number of unbranched alkanes of at least 4 members (excludes halogenated alkanes) is 2. The summed E-state index contributed by atoms with van der Waals surface area (Å²) in [5.41, 5.74) is 10.8. The lowest BCUT2D eigenvalue weighted by molar-refractivity contribution is -0.274. The number of ether oxygens (including phenoxy) is 2. The summed E-state index contributed by atoms with van der Waals surface area (Å²) in [6, 6.07) is 12.2. The molecule has 2 aromatic carbocycles. The summed E-state index contributed by atoms with van der Waals surface area (Å²) in [7, 11) is 0. The van der Waals surface area contributed by atoms with Crippen molar-refractivity contribution in [3.05, 3.63) is 101 Å². The number of aryl methyl sites for hydroxylation is 2. The van der Waals surface area contributed by atoms with Crippen molar-refractivity contribution in [3.63, 3.8) is 0 Å². The Kier molecular flexibility index (Phi) is 19.8. The zero-order valence-corrected chi connectivity index (χ0v) is 45.2. The number of rotatable bonds is 23. The van der Waals surface area contributed by atoms with Crippen molar-refractivity contribution in [2.24, 2.45) is 11.1 Å². The molecule has 0 bridgehead atoms. The van der Waals surface area contributed by atoms with E-state index in [1.54, 1.807) is 33.9 Å². The first-order valence-corrected chi connectivity index (χ1v) is 27.0. The van der Waals surface area contributed by atoms with Gasteiger partial charge in [-0.2, -0.15) is 0 Å². The number of amides is 6. The highest BCUT2D eigenvalue weighted by molar-refractivity contribution is 7.13. The first-order valence-electron chi connectivity index (χ1n) is 26.1. The van der Waals surface area contributed by atoms with E-state index >= 15 is 4.39 Å². The molecule has 0 radical (unpaired) electrons. The molecular weight excluding hydrogens is 1050 g/mol. The summed E-state index contributed by atoms with van der Waals surface area (Å²) in [4.78, 5) is 95.5. The van der Waals surface area contributed by atoms with Crippen LogP contribution >= 0.6 is 11.3 Å². The van der Waals surface area contributed by atoms with Gasteiger partial charge >= 0.3 is 6.36 Å². The van der Waals surface area contributed by atoms with Gasteiger partial charge in [0.05, 0.1) is 47.2 Å². The maximum atomic E-state index is 15.4. The number of likely N-dealkylation sites (tertiary alicyclic amines) is 2. The summed E-state index contributed by atoms with van der Waals surface area (Å²) in [5, 5.41) is 19.3. The number of carbonyl (C=O) groups is 6. The third-order valence-corrected chi connectivity index (χ3v) is 14.6. The first-order chi connectivity index (χ1) is 37.5. The van der Waals surface area contributed by atoms with Crippen LogP contribution < -0.4 is 31.2 Å². The Balaban J connectivity index is 0.784. The molecule has 6 N–H and O–H groups in total. The molecule has 1 unspecified atom stereocenters. The van der Waals surface area contributed by atoms with Gasteiger partial charge in [0.25, 0.3) is 5.91 Å². The topological polar surface area (TPSA) is 253 Å². The Bertz CT molecular complexity index is 2930. The number of thiazole rings is 1. The highest BCUT2D eigenvalue weighted by Gasteiger charge is 2.44. The molecule has 0 saturated carbocycles. The van der Waals surface area contributed by atoms with Crippen molar-refractivity contribution in [1.29, 1.82) is 0 Å². The minimum Gasteiger partial charge on any atom is -0.471 e. The fourth-order valence-electron chi connectivity index (χ4n) is 9.31. The van der Waals surface area contributed by atoms with Crippen molar-refractivity contribution in [3.8, 4) is 33.3 Å². The number of carbonyl (C=O) groups excluding carboxylic acids is 6. The number of nitrogens with two attached hydrogens (primary N) is 1. The molecule has 2 saturated heterocycles. The summed E-state index contributed by atoms with van der Waals surface area (Å²) >= 11 is 1.56. The highest BCUT2D eigenvalue weighted by atomic mass is 32.1. The number of nitrogens with zero attached hydrogens (tertiary/aromatic N) is 6. The molecule has 2 aliphatic heterocycles. The molecule has 7 rings (SSSR count). The monoisotopic (exact) mass is 1120 g/mol. The molecule has 24 heteroatoms. The summed E-state index contributed by atoms with van der Waals surface area (Å²) in [6.07, 6.45) is -1.14. The third kappa shape index (κ3) is 16.8. The number of aliphatic hydroxyl groups excluding tert-OH is 1. The number of hydrogen-bond donors (Lipinski definition) is 5. The summed E-state index contributed by atoms with van der Waals surface area (Å²) < 4.78 is 64.4. The zero-order chi connectivity index (χ0) is 57.0. The van der Waals surface area contributed by atoms with Crippen LogP contribution in [0.15, 0.2) is 78.8 Å². The van der Waals surface area contributed by atoms with Crippen molar-refractivity contribution in [2.75, 3.05) is 26.2 Å². The molecule has 5 atom stereocenters. The number of imidazole rings is 1. The number of nitrogens with one attached hydrogen (secondary N) is 3. The van der Waals surface area contributed by atoms with Gasteiger partial charge in [-0.1, -0.05) is 63.6 Å². The smallest absolute Gasteiger partial charge is 0.471 e. The molecule has 2 fully saturated rings. The van der Waals surface area contributed by atoms with Gasteiger partial charge in [0.1, 0.15) is 29.5 Å². The maximum Gasteiger partial charge on any atom is 0.573 e. The van der Waals surface area contributed by atoms with Crippen molar-refractivity contribution >= 4 is 46.8 Å². The van der Waals surface area contributed by atoms with E-state index in [9.17, 15) is 47.0 Å². The second-order valence-corrected chi connectivity index (χ2v) is 21.7. The molecule has 2 aliphatic rings. The van der Waals surface area contributed by atoms with Gasteiger partial charge in [-0.05, 0) is 66.5 Å². The third-order valence-electron chi connectivity index (χ3n) is 13.6. The number of primary amides is 1. The largest absolute Gasteiger partial charge is 0.573 e. The van der Waals surface area contributed by atoms with E-state index in [4.69, 9.17) is 10.5 Å². The fourth-order valence-corrected chi connectivity index (χ4v) is 10.1. The molecule has 6 amide bonds. The average molecular weight is 1120 g/mol. The first kappa shape index (κ1) is 59.2. The van der Waals surface area contributed by atoms with E-state index in [1.807, 2.05) is 52.0 Å². The van der Waals surface area contributed by atoms with Crippen LogP contribution in [0.3, 0.4) is 0 Å². The van der Waals surface area contributed by atoms with Gasteiger partial charge in [0.15, 0.2) is 6.17 Å². The molecule has 5 heterocycles. The van der Waals surface area contributed by atoms with Gasteiger partial charge < -0.3 is 50.6 Å². The van der Waals surface area contributed by atoms with Gasteiger partial charge in [-0.15, -0.1) is 24.5 Å². The number of β-amino-alcohol motifs (C(OH)–C–C–N with tert-alkyl or cyclic N) is 1. The van der Waals surface area contributed by atoms with E-state index in [0.717, 1.165) is 33.8 Å². The Morgan fingerprint density at radius 2 is 1.61 bits per heavy atom. The van der Waals surface area contributed by atoms with E-state index in [2.05, 4.69) is 35.6 Å². The molecule has 19 nitrogen and oxygen atoms in total. The van der Waals surface area contributed by atoms with E-state index in [1.165, 1.54) is 34.2 Å². The maximum absolute atomic E-state index is 15.4. The summed E-state index contributed by atoms with van der Waals surface area (Å²) in [5.74, 6) is -3.21. The van der Waals surface area contributed by atoms with E-state index in [-0.39, 0.29) is 87.4 Å². The Morgan fingerprint density at radius 1 is 0.886 bits per heavy atom.